The van der Waals surface area contributed by atoms with Crippen LogP contribution in [0.3, 0.4) is 0 Å². The largest absolute Gasteiger partial charge is 0.379 e. The highest BCUT2D eigenvalue weighted by atomic mass is 35.5. The third-order valence-corrected chi connectivity index (χ3v) is 3.08. The van der Waals surface area contributed by atoms with Gasteiger partial charge in [-0.1, -0.05) is 41.4 Å². The first-order valence-electron chi connectivity index (χ1n) is 5.26. The molecule has 2 rings (SSSR count). The minimum atomic E-state index is 0.505. The molecule has 0 aliphatic rings. The van der Waals surface area contributed by atoms with Gasteiger partial charge in [0.15, 0.2) is 0 Å². The van der Waals surface area contributed by atoms with E-state index in [1.54, 1.807) is 6.20 Å². The maximum absolute atomic E-state index is 6.08. The third kappa shape index (κ3) is 3.11. The van der Waals surface area contributed by atoms with E-state index < -0.39 is 0 Å². The summed E-state index contributed by atoms with van der Waals surface area (Å²) in [5.41, 5.74) is 3.09. The predicted octanol–water partition coefficient (Wildman–Crippen LogP) is 4.31. The maximum atomic E-state index is 6.08. The normalized spacial score (nSPS) is 10.3. The van der Waals surface area contributed by atoms with Gasteiger partial charge in [0.25, 0.3) is 0 Å². The summed E-state index contributed by atoms with van der Waals surface area (Å²) in [6, 6.07) is 9.59. The Balaban J connectivity index is 2.10. The van der Waals surface area contributed by atoms with Crippen molar-refractivity contribution in [3.05, 3.63) is 57.8 Å². The number of halogens is 2. The summed E-state index contributed by atoms with van der Waals surface area (Å²) in [4.78, 5) is 4.04. The number of anilines is 1. The molecule has 1 heterocycles. The molecule has 1 N–H and O–H groups in total. The third-order valence-electron chi connectivity index (χ3n) is 2.50. The topological polar surface area (TPSA) is 24.9 Å². The highest BCUT2D eigenvalue weighted by Gasteiger charge is 2.02. The molecule has 0 radical (unpaired) electrons. The zero-order valence-electron chi connectivity index (χ0n) is 9.37. The van der Waals surface area contributed by atoms with Crippen LogP contribution in [-0.2, 0) is 6.54 Å². The van der Waals surface area contributed by atoms with Gasteiger partial charge in [-0.25, -0.2) is 4.98 Å². The van der Waals surface area contributed by atoms with E-state index in [-0.39, 0.29) is 0 Å². The van der Waals surface area contributed by atoms with E-state index in [2.05, 4.69) is 10.3 Å². The van der Waals surface area contributed by atoms with Crippen molar-refractivity contribution in [2.75, 3.05) is 5.32 Å². The lowest BCUT2D eigenvalue weighted by Crippen LogP contribution is -2.02. The number of nitrogens with one attached hydrogen (secondary N) is 1. The van der Waals surface area contributed by atoms with Crippen molar-refractivity contribution < 1.29 is 0 Å². The van der Waals surface area contributed by atoms with Gasteiger partial charge in [-0.3, -0.25) is 0 Å². The second-order valence-electron chi connectivity index (χ2n) is 3.77. The van der Waals surface area contributed by atoms with Crippen molar-refractivity contribution in [3.8, 4) is 0 Å². The van der Waals surface area contributed by atoms with Crippen LogP contribution in [0.15, 0.2) is 36.5 Å². The molecule has 0 saturated heterocycles. The molecule has 1 aromatic heterocycles. The Kier molecular flexibility index (Phi) is 3.87. The van der Waals surface area contributed by atoms with E-state index in [1.807, 2.05) is 37.3 Å². The minimum Gasteiger partial charge on any atom is -0.379 e. The summed E-state index contributed by atoms with van der Waals surface area (Å²) in [7, 11) is 0. The average Bonchev–Trinajstić information content (AvgIpc) is 2.30. The van der Waals surface area contributed by atoms with Crippen molar-refractivity contribution >= 4 is 28.9 Å². The zero-order chi connectivity index (χ0) is 12.3. The van der Waals surface area contributed by atoms with Crippen molar-refractivity contribution in [1.82, 2.24) is 4.98 Å². The monoisotopic (exact) mass is 266 g/mol. The van der Waals surface area contributed by atoms with E-state index in [9.17, 15) is 0 Å². The highest BCUT2D eigenvalue weighted by Crippen LogP contribution is 2.20. The van der Waals surface area contributed by atoms with Gasteiger partial charge in [0.2, 0.25) is 0 Å². The molecule has 0 aliphatic carbocycles. The number of pyridine rings is 1. The smallest absolute Gasteiger partial charge is 0.129 e. The van der Waals surface area contributed by atoms with Crippen molar-refractivity contribution in [1.29, 1.82) is 0 Å². The lowest BCUT2D eigenvalue weighted by atomic mass is 10.2. The molecule has 0 bridgehead atoms. The van der Waals surface area contributed by atoms with Gasteiger partial charge in [0.1, 0.15) is 5.15 Å². The summed E-state index contributed by atoms with van der Waals surface area (Å²) < 4.78 is 0. The Morgan fingerprint density at radius 2 is 2.00 bits per heavy atom. The molecule has 4 heteroatoms. The first-order chi connectivity index (χ1) is 8.16. The van der Waals surface area contributed by atoms with E-state index in [0.29, 0.717) is 11.7 Å². The molecule has 88 valence electrons. The van der Waals surface area contributed by atoms with Crippen LogP contribution in [0.4, 0.5) is 5.69 Å². The summed E-state index contributed by atoms with van der Waals surface area (Å²) in [5, 5.41) is 4.56. The number of benzene rings is 1. The van der Waals surface area contributed by atoms with Crippen molar-refractivity contribution in [2.45, 2.75) is 13.5 Å². The number of aromatic nitrogens is 1. The summed E-state index contributed by atoms with van der Waals surface area (Å²) in [6.07, 6.45) is 1.73. The molecule has 0 amide bonds. The number of hydrogen-bond acceptors (Lipinski definition) is 2. The number of hydrogen-bond donors (Lipinski definition) is 1. The van der Waals surface area contributed by atoms with Gasteiger partial charge in [-0.15, -0.1) is 0 Å². The van der Waals surface area contributed by atoms with Gasteiger partial charge in [0.05, 0.1) is 11.9 Å². The van der Waals surface area contributed by atoms with Crippen molar-refractivity contribution in [2.24, 2.45) is 0 Å². The SMILES string of the molecule is Cc1cc(Cl)ncc1NCc1ccccc1Cl. The number of aryl methyl sites for hydroxylation is 1. The Morgan fingerprint density at radius 1 is 1.24 bits per heavy atom. The maximum Gasteiger partial charge on any atom is 0.129 e. The fraction of sp³-hybridized carbons (Fsp3) is 0.154. The molecular weight excluding hydrogens is 255 g/mol. The van der Waals surface area contributed by atoms with Crippen LogP contribution in [0.1, 0.15) is 11.1 Å². The van der Waals surface area contributed by atoms with Crippen LogP contribution in [0.5, 0.6) is 0 Å². The van der Waals surface area contributed by atoms with Crippen LogP contribution < -0.4 is 5.32 Å². The van der Waals surface area contributed by atoms with Crippen LogP contribution in [0, 0.1) is 6.92 Å². The van der Waals surface area contributed by atoms with E-state index in [0.717, 1.165) is 21.8 Å². The molecule has 2 aromatic rings. The molecular formula is C13H12Cl2N2. The molecule has 0 fully saturated rings. The Hall–Kier alpha value is -1.25. The summed E-state index contributed by atoms with van der Waals surface area (Å²) in [5.74, 6) is 0. The lowest BCUT2D eigenvalue weighted by molar-refractivity contribution is 1.12. The van der Waals surface area contributed by atoms with Crippen molar-refractivity contribution in [3.63, 3.8) is 0 Å². The minimum absolute atomic E-state index is 0.505. The Labute approximate surface area is 111 Å². The first-order valence-corrected chi connectivity index (χ1v) is 6.02. The lowest BCUT2D eigenvalue weighted by Gasteiger charge is -2.10. The fourth-order valence-electron chi connectivity index (χ4n) is 1.54. The zero-order valence-corrected chi connectivity index (χ0v) is 10.9. The Bertz CT molecular complexity index is 527. The molecule has 0 aliphatic heterocycles. The predicted molar refractivity (Wildman–Crippen MR) is 72.8 cm³/mol. The summed E-state index contributed by atoms with van der Waals surface area (Å²) >= 11 is 11.9. The standard InChI is InChI=1S/C13H12Cl2N2/c1-9-6-13(15)17-8-12(9)16-7-10-4-2-3-5-11(10)14/h2-6,8,16H,7H2,1H3. The molecule has 0 atom stereocenters. The molecule has 0 saturated carbocycles. The summed E-state index contributed by atoms with van der Waals surface area (Å²) in [6.45, 7) is 2.66. The Morgan fingerprint density at radius 3 is 2.71 bits per heavy atom. The number of nitrogens with zero attached hydrogens (tertiary/aromatic N) is 1. The van der Waals surface area contributed by atoms with Crippen LogP contribution in [0.25, 0.3) is 0 Å². The first kappa shape index (κ1) is 12.2. The van der Waals surface area contributed by atoms with Crippen LogP contribution in [0.2, 0.25) is 10.2 Å². The van der Waals surface area contributed by atoms with Gasteiger partial charge in [-0.2, -0.15) is 0 Å². The van der Waals surface area contributed by atoms with Gasteiger partial charge < -0.3 is 5.32 Å². The second kappa shape index (κ2) is 5.39. The van der Waals surface area contributed by atoms with Crippen LogP contribution in [-0.4, -0.2) is 4.98 Å². The average molecular weight is 267 g/mol. The molecule has 1 aromatic carbocycles. The van der Waals surface area contributed by atoms with Gasteiger partial charge in [-0.05, 0) is 30.2 Å². The highest BCUT2D eigenvalue weighted by molar-refractivity contribution is 6.31. The fourth-order valence-corrected chi connectivity index (χ4v) is 1.95. The molecule has 0 unspecified atom stereocenters. The molecule has 17 heavy (non-hydrogen) atoms. The van der Waals surface area contributed by atoms with Gasteiger partial charge in [0, 0.05) is 11.6 Å². The van der Waals surface area contributed by atoms with E-state index >= 15 is 0 Å². The second-order valence-corrected chi connectivity index (χ2v) is 4.56. The number of rotatable bonds is 3. The van der Waals surface area contributed by atoms with E-state index in [4.69, 9.17) is 23.2 Å². The molecule has 0 spiro atoms. The van der Waals surface area contributed by atoms with Gasteiger partial charge >= 0.3 is 0 Å². The molecule has 2 nitrogen and oxygen atoms in total. The quantitative estimate of drug-likeness (QED) is 0.838. The van der Waals surface area contributed by atoms with E-state index in [1.165, 1.54) is 0 Å². The van der Waals surface area contributed by atoms with Crippen LogP contribution >= 0.6 is 23.2 Å².